The predicted octanol–water partition coefficient (Wildman–Crippen LogP) is 2.08. The van der Waals surface area contributed by atoms with Crippen LogP contribution in [-0.4, -0.2) is 16.0 Å². The molecular formula is C9H6BrN3O2. The normalized spacial score (nSPS) is 9.93. The van der Waals surface area contributed by atoms with E-state index in [4.69, 9.17) is 0 Å². The number of hydrogen-bond donors (Lipinski definition) is 1. The van der Waals surface area contributed by atoms with E-state index < -0.39 is 0 Å². The first-order chi connectivity index (χ1) is 7.27. The second kappa shape index (κ2) is 4.22. The number of carbonyl (C=O) groups excluding carboxylic acids is 1. The summed E-state index contributed by atoms with van der Waals surface area (Å²) in [7, 11) is 0. The molecule has 5 nitrogen and oxygen atoms in total. The van der Waals surface area contributed by atoms with Crippen molar-refractivity contribution >= 4 is 27.5 Å². The third-order valence-electron chi connectivity index (χ3n) is 1.69. The smallest absolute Gasteiger partial charge is 0.258 e. The maximum Gasteiger partial charge on any atom is 0.258 e. The van der Waals surface area contributed by atoms with E-state index in [1.165, 1.54) is 12.5 Å². The topological polar surface area (TPSA) is 68.0 Å². The van der Waals surface area contributed by atoms with E-state index in [0.717, 1.165) is 0 Å². The van der Waals surface area contributed by atoms with Crippen LogP contribution in [0.1, 0.15) is 10.4 Å². The minimum absolute atomic E-state index is 0.266. The molecule has 76 valence electrons. The van der Waals surface area contributed by atoms with Crippen molar-refractivity contribution in [2.45, 2.75) is 0 Å². The molecule has 0 unspecified atom stereocenters. The first-order valence-corrected chi connectivity index (χ1v) is 4.88. The summed E-state index contributed by atoms with van der Waals surface area (Å²) in [5.41, 5.74) is 0.967. The van der Waals surface area contributed by atoms with Crippen molar-refractivity contribution in [2.75, 3.05) is 5.32 Å². The van der Waals surface area contributed by atoms with Crippen LogP contribution in [0, 0.1) is 0 Å². The van der Waals surface area contributed by atoms with Crippen molar-refractivity contribution in [3.8, 4) is 0 Å². The molecule has 2 aromatic rings. The largest absolute Gasteiger partial charge is 0.363 e. The van der Waals surface area contributed by atoms with E-state index in [0.29, 0.717) is 15.9 Å². The van der Waals surface area contributed by atoms with Crippen LogP contribution in [-0.2, 0) is 0 Å². The number of halogens is 1. The molecule has 2 rings (SSSR count). The Morgan fingerprint density at radius 3 is 3.07 bits per heavy atom. The second-order valence-corrected chi connectivity index (χ2v) is 3.46. The molecule has 0 aliphatic rings. The number of anilines is 1. The van der Waals surface area contributed by atoms with Crippen LogP contribution in [0.4, 0.5) is 5.69 Å². The van der Waals surface area contributed by atoms with Gasteiger partial charge in [-0.3, -0.25) is 4.79 Å². The molecule has 0 saturated carbocycles. The fourth-order valence-electron chi connectivity index (χ4n) is 1.02. The zero-order chi connectivity index (χ0) is 10.7. The fourth-order valence-corrected chi connectivity index (χ4v) is 1.45. The fraction of sp³-hybridized carbons (Fsp3) is 0. The summed E-state index contributed by atoms with van der Waals surface area (Å²) < 4.78 is 5.09. The minimum atomic E-state index is -0.266. The third kappa shape index (κ3) is 2.21. The summed E-state index contributed by atoms with van der Waals surface area (Å²) in [5.74, 6) is -0.266. The highest BCUT2D eigenvalue weighted by molar-refractivity contribution is 9.10. The van der Waals surface area contributed by atoms with Gasteiger partial charge >= 0.3 is 0 Å². The van der Waals surface area contributed by atoms with Crippen molar-refractivity contribution in [1.82, 2.24) is 10.1 Å². The van der Waals surface area contributed by atoms with Crippen LogP contribution in [0.3, 0.4) is 0 Å². The van der Waals surface area contributed by atoms with Crippen LogP contribution in [0.2, 0.25) is 0 Å². The lowest BCUT2D eigenvalue weighted by Crippen LogP contribution is -2.12. The Bertz CT molecular complexity index is 470. The molecule has 1 N–H and O–H groups in total. The molecule has 0 aromatic carbocycles. The summed E-state index contributed by atoms with van der Waals surface area (Å²) in [5, 5.41) is 6.09. The molecule has 0 aliphatic carbocycles. The Hall–Kier alpha value is -1.69. The van der Waals surface area contributed by atoms with Gasteiger partial charge in [0.15, 0.2) is 0 Å². The number of pyridine rings is 1. The van der Waals surface area contributed by atoms with E-state index in [2.05, 4.69) is 35.9 Å². The Morgan fingerprint density at radius 1 is 1.53 bits per heavy atom. The van der Waals surface area contributed by atoms with E-state index in [1.54, 1.807) is 18.3 Å². The van der Waals surface area contributed by atoms with E-state index in [1.807, 2.05) is 0 Å². The first-order valence-electron chi connectivity index (χ1n) is 4.08. The molecule has 0 spiro atoms. The van der Waals surface area contributed by atoms with Gasteiger partial charge in [0.25, 0.3) is 5.91 Å². The van der Waals surface area contributed by atoms with Crippen molar-refractivity contribution in [3.63, 3.8) is 0 Å². The number of amides is 1. The Balaban J connectivity index is 2.19. The maximum absolute atomic E-state index is 11.7. The molecule has 0 saturated heterocycles. The molecule has 2 aromatic heterocycles. The van der Waals surface area contributed by atoms with Gasteiger partial charge in [0.2, 0.25) is 0 Å². The summed E-state index contributed by atoms with van der Waals surface area (Å²) >= 11 is 3.19. The molecule has 0 atom stereocenters. The van der Waals surface area contributed by atoms with Crippen LogP contribution >= 0.6 is 15.9 Å². The van der Waals surface area contributed by atoms with Crippen molar-refractivity contribution in [3.05, 3.63) is 41.0 Å². The lowest BCUT2D eigenvalue weighted by atomic mass is 10.2. The number of nitrogens with one attached hydrogen (secondary N) is 1. The molecule has 0 bridgehead atoms. The summed E-state index contributed by atoms with van der Waals surface area (Å²) in [6.45, 7) is 0. The molecule has 0 aliphatic heterocycles. The van der Waals surface area contributed by atoms with E-state index in [-0.39, 0.29) is 5.91 Å². The summed E-state index contributed by atoms with van der Waals surface area (Å²) in [6.07, 6.45) is 4.37. The quantitative estimate of drug-likeness (QED) is 0.847. The van der Waals surface area contributed by atoms with E-state index in [9.17, 15) is 4.79 Å². The highest BCUT2D eigenvalue weighted by Gasteiger charge is 2.10. The highest BCUT2D eigenvalue weighted by atomic mass is 79.9. The first kappa shape index (κ1) is 9.85. The zero-order valence-electron chi connectivity index (χ0n) is 7.48. The molecular weight excluding hydrogens is 262 g/mol. The van der Waals surface area contributed by atoms with Crippen molar-refractivity contribution in [1.29, 1.82) is 0 Å². The van der Waals surface area contributed by atoms with Crippen LogP contribution in [0.5, 0.6) is 0 Å². The molecule has 2 heterocycles. The minimum Gasteiger partial charge on any atom is -0.363 e. The number of carbonyl (C=O) groups is 1. The van der Waals surface area contributed by atoms with Gasteiger partial charge in [0, 0.05) is 6.20 Å². The lowest BCUT2D eigenvalue weighted by molar-refractivity contribution is 0.102. The number of hydrogen-bond acceptors (Lipinski definition) is 4. The SMILES string of the molecule is O=C(Nc1cnoc1)c1cccnc1Br. The zero-order valence-corrected chi connectivity index (χ0v) is 9.06. The number of rotatable bonds is 2. The maximum atomic E-state index is 11.7. The van der Waals surface area contributed by atoms with Gasteiger partial charge in [-0.2, -0.15) is 0 Å². The molecule has 15 heavy (non-hydrogen) atoms. The molecule has 0 radical (unpaired) electrons. The van der Waals surface area contributed by atoms with Gasteiger partial charge in [-0.05, 0) is 28.1 Å². The van der Waals surface area contributed by atoms with Gasteiger partial charge in [-0.15, -0.1) is 0 Å². The van der Waals surface area contributed by atoms with Gasteiger partial charge in [0.1, 0.15) is 16.6 Å². The van der Waals surface area contributed by atoms with Crippen LogP contribution < -0.4 is 5.32 Å². The van der Waals surface area contributed by atoms with Gasteiger partial charge in [-0.25, -0.2) is 4.98 Å². The highest BCUT2D eigenvalue weighted by Crippen LogP contribution is 2.14. The Morgan fingerprint density at radius 2 is 2.40 bits per heavy atom. The molecule has 0 fully saturated rings. The van der Waals surface area contributed by atoms with Crippen molar-refractivity contribution < 1.29 is 9.32 Å². The lowest BCUT2D eigenvalue weighted by Gasteiger charge is -2.02. The van der Waals surface area contributed by atoms with Crippen LogP contribution in [0.15, 0.2) is 39.9 Å². The Labute approximate surface area is 93.6 Å². The monoisotopic (exact) mass is 267 g/mol. The van der Waals surface area contributed by atoms with Crippen LogP contribution in [0.25, 0.3) is 0 Å². The molecule has 1 amide bonds. The average Bonchev–Trinajstić information content (AvgIpc) is 2.71. The second-order valence-electron chi connectivity index (χ2n) is 2.71. The average molecular weight is 268 g/mol. The third-order valence-corrected chi connectivity index (χ3v) is 2.33. The van der Waals surface area contributed by atoms with E-state index >= 15 is 0 Å². The van der Waals surface area contributed by atoms with Gasteiger partial charge in [0.05, 0.1) is 11.8 Å². The Kier molecular flexibility index (Phi) is 2.77. The summed E-state index contributed by atoms with van der Waals surface area (Å²) in [4.78, 5) is 15.6. The van der Waals surface area contributed by atoms with Gasteiger partial charge < -0.3 is 9.84 Å². The van der Waals surface area contributed by atoms with Gasteiger partial charge in [-0.1, -0.05) is 5.16 Å². The number of aromatic nitrogens is 2. The molecule has 6 heteroatoms. The standard InChI is InChI=1S/C9H6BrN3O2/c10-8-7(2-1-3-11-8)9(14)13-6-4-12-15-5-6/h1-5H,(H,13,14). The predicted molar refractivity (Wildman–Crippen MR) is 56.4 cm³/mol. The number of nitrogens with zero attached hydrogens (tertiary/aromatic N) is 2. The summed E-state index contributed by atoms with van der Waals surface area (Å²) in [6, 6.07) is 3.35. The van der Waals surface area contributed by atoms with Crippen molar-refractivity contribution in [2.24, 2.45) is 0 Å².